The van der Waals surface area contributed by atoms with Gasteiger partial charge in [-0.15, -0.1) is 0 Å². The number of thiocarbonyl (C=S) groups is 1. The summed E-state index contributed by atoms with van der Waals surface area (Å²) in [6.45, 7) is 1.92. The van der Waals surface area contributed by atoms with E-state index in [1.807, 2.05) is 53.5 Å². The van der Waals surface area contributed by atoms with Gasteiger partial charge in [-0.2, -0.15) is 0 Å². The van der Waals surface area contributed by atoms with E-state index >= 15 is 0 Å². The Morgan fingerprint density at radius 3 is 2.39 bits per heavy atom. The van der Waals surface area contributed by atoms with Crippen LogP contribution in [0.2, 0.25) is 0 Å². The molecule has 0 saturated carbocycles. The quantitative estimate of drug-likeness (QED) is 0.401. The van der Waals surface area contributed by atoms with Crippen molar-refractivity contribution in [1.82, 2.24) is 9.80 Å². The number of likely N-dealkylation sites (tertiary alicyclic amines) is 1. The number of benzene rings is 2. The van der Waals surface area contributed by atoms with Crippen LogP contribution in [-0.4, -0.2) is 45.6 Å². The fourth-order valence-corrected chi connectivity index (χ4v) is 5.48. The van der Waals surface area contributed by atoms with Gasteiger partial charge in [0.2, 0.25) is 5.91 Å². The normalized spacial score (nSPS) is 18.6. The summed E-state index contributed by atoms with van der Waals surface area (Å²) >= 11 is 6.70. The van der Waals surface area contributed by atoms with Crippen LogP contribution in [0.4, 0.5) is 0 Å². The standard InChI is InChI=1S/C27H28N2O2S2/c30-25(28-17-14-23(15-18-28)20-22-10-5-2-6-11-22)16-19-29-26(31)24(33-27(29)32)13-7-12-21-8-3-1-4-9-21/h1-13,23H,14-20H2. The molecule has 0 spiro atoms. The smallest absolute Gasteiger partial charge is 0.266 e. The van der Waals surface area contributed by atoms with Crippen molar-refractivity contribution in [2.75, 3.05) is 19.6 Å². The molecular weight excluding hydrogens is 448 g/mol. The van der Waals surface area contributed by atoms with Gasteiger partial charge in [-0.25, -0.2) is 0 Å². The molecular formula is C27H28N2O2S2. The third-order valence-corrected chi connectivity index (χ3v) is 7.49. The first-order valence-electron chi connectivity index (χ1n) is 11.4. The maximum atomic E-state index is 12.8. The lowest BCUT2D eigenvalue weighted by Gasteiger charge is -2.32. The lowest BCUT2D eigenvalue weighted by molar-refractivity contribution is -0.133. The molecule has 2 heterocycles. The Kier molecular flexibility index (Phi) is 8.13. The molecule has 0 radical (unpaired) electrons. The second kappa shape index (κ2) is 11.4. The highest BCUT2D eigenvalue weighted by molar-refractivity contribution is 8.26. The average molecular weight is 477 g/mol. The largest absolute Gasteiger partial charge is 0.343 e. The van der Waals surface area contributed by atoms with Crippen molar-refractivity contribution in [2.24, 2.45) is 5.92 Å². The van der Waals surface area contributed by atoms with E-state index in [2.05, 4.69) is 24.3 Å². The summed E-state index contributed by atoms with van der Waals surface area (Å²) in [5.74, 6) is 0.615. The Morgan fingerprint density at radius 2 is 1.70 bits per heavy atom. The lowest BCUT2D eigenvalue weighted by Crippen LogP contribution is -2.41. The maximum Gasteiger partial charge on any atom is 0.266 e. The van der Waals surface area contributed by atoms with Crippen molar-refractivity contribution in [1.29, 1.82) is 0 Å². The maximum absolute atomic E-state index is 12.8. The van der Waals surface area contributed by atoms with Gasteiger partial charge in [-0.1, -0.05) is 96.8 Å². The zero-order valence-corrected chi connectivity index (χ0v) is 20.2. The molecule has 2 aliphatic heterocycles. The van der Waals surface area contributed by atoms with Crippen molar-refractivity contribution in [3.63, 3.8) is 0 Å². The van der Waals surface area contributed by atoms with Crippen LogP contribution in [0.3, 0.4) is 0 Å². The molecule has 6 heteroatoms. The molecule has 4 nitrogen and oxygen atoms in total. The zero-order chi connectivity index (χ0) is 23.0. The third kappa shape index (κ3) is 6.42. The Balaban J connectivity index is 1.23. The Bertz CT molecular complexity index is 1040. The summed E-state index contributed by atoms with van der Waals surface area (Å²) in [7, 11) is 0. The highest BCUT2D eigenvalue weighted by Crippen LogP contribution is 2.31. The molecule has 2 aromatic carbocycles. The molecule has 0 aliphatic carbocycles. The third-order valence-electron chi connectivity index (χ3n) is 6.09. The lowest BCUT2D eigenvalue weighted by atomic mass is 9.90. The van der Waals surface area contributed by atoms with Crippen LogP contribution in [-0.2, 0) is 16.0 Å². The van der Waals surface area contributed by atoms with E-state index in [4.69, 9.17) is 12.2 Å². The van der Waals surface area contributed by atoms with Gasteiger partial charge < -0.3 is 4.90 Å². The molecule has 0 atom stereocenters. The number of piperidine rings is 1. The molecule has 33 heavy (non-hydrogen) atoms. The molecule has 0 N–H and O–H groups in total. The van der Waals surface area contributed by atoms with E-state index < -0.39 is 0 Å². The first-order valence-corrected chi connectivity index (χ1v) is 12.6. The SMILES string of the molecule is O=C(CCN1C(=O)C(=CC=Cc2ccccc2)SC1=S)N1CCC(Cc2ccccc2)CC1. The van der Waals surface area contributed by atoms with Crippen LogP contribution in [0, 0.1) is 5.92 Å². The van der Waals surface area contributed by atoms with Gasteiger partial charge in [-0.05, 0) is 42.4 Å². The van der Waals surface area contributed by atoms with E-state index in [1.165, 1.54) is 17.3 Å². The summed E-state index contributed by atoms with van der Waals surface area (Å²) in [6.07, 6.45) is 9.05. The van der Waals surface area contributed by atoms with E-state index in [-0.39, 0.29) is 11.8 Å². The average Bonchev–Trinajstić information content (AvgIpc) is 3.11. The molecule has 170 valence electrons. The molecule has 0 bridgehead atoms. The Morgan fingerprint density at radius 1 is 1.03 bits per heavy atom. The van der Waals surface area contributed by atoms with Gasteiger partial charge in [0.25, 0.3) is 5.91 Å². The van der Waals surface area contributed by atoms with Gasteiger partial charge in [0.1, 0.15) is 4.32 Å². The highest BCUT2D eigenvalue weighted by Gasteiger charge is 2.32. The fourth-order valence-electron chi connectivity index (χ4n) is 4.22. The summed E-state index contributed by atoms with van der Waals surface area (Å²) in [5.41, 5.74) is 2.44. The number of carbonyl (C=O) groups is 2. The molecule has 2 amide bonds. The molecule has 4 rings (SSSR count). The van der Waals surface area contributed by atoms with Crippen molar-refractivity contribution >= 4 is 46.2 Å². The van der Waals surface area contributed by atoms with E-state index in [0.29, 0.717) is 28.1 Å². The topological polar surface area (TPSA) is 40.6 Å². The van der Waals surface area contributed by atoms with Gasteiger partial charge in [-0.3, -0.25) is 14.5 Å². The molecule has 2 aliphatic rings. The number of nitrogens with zero attached hydrogens (tertiary/aromatic N) is 2. The predicted molar refractivity (Wildman–Crippen MR) is 140 cm³/mol. The van der Waals surface area contributed by atoms with Crippen LogP contribution in [0.5, 0.6) is 0 Å². The van der Waals surface area contributed by atoms with Crippen molar-refractivity contribution in [3.05, 3.63) is 88.8 Å². The summed E-state index contributed by atoms with van der Waals surface area (Å²) in [5, 5.41) is 0. The molecule has 0 aromatic heterocycles. The predicted octanol–water partition coefficient (Wildman–Crippen LogP) is 5.32. The number of carbonyl (C=O) groups excluding carboxylic acids is 2. The fraction of sp³-hybridized carbons (Fsp3) is 0.296. The van der Waals surface area contributed by atoms with Crippen molar-refractivity contribution in [3.8, 4) is 0 Å². The summed E-state index contributed by atoms with van der Waals surface area (Å²) in [6, 6.07) is 20.5. The molecule has 2 fully saturated rings. The van der Waals surface area contributed by atoms with Crippen molar-refractivity contribution < 1.29 is 9.59 Å². The zero-order valence-electron chi connectivity index (χ0n) is 18.6. The number of thioether (sulfide) groups is 1. The molecule has 2 saturated heterocycles. The number of rotatable bonds is 7. The second-order valence-corrected chi connectivity index (χ2v) is 10.1. The summed E-state index contributed by atoms with van der Waals surface area (Å²) in [4.78, 5) is 29.6. The van der Waals surface area contributed by atoms with E-state index in [1.54, 1.807) is 11.0 Å². The minimum Gasteiger partial charge on any atom is -0.343 e. The second-order valence-electron chi connectivity index (χ2n) is 8.39. The first kappa shape index (κ1) is 23.5. The van der Waals surface area contributed by atoms with E-state index in [9.17, 15) is 9.59 Å². The Hall–Kier alpha value is -2.70. The van der Waals surface area contributed by atoms with Gasteiger partial charge in [0.05, 0.1) is 4.91 Å². The number of allylic oxidation sites excluding steroid dienone is 2. The van der Waals surface area contributed by atoms with Crippen LogP contribution in [0.25, 0.3) is 6.08 Å². The molecule has 0 unspecified atom stereocenters. The number of hydrogen-bond acceptors (Lipinski definition) is 4. The summed E-state index contributed by atoms with van der Waals surface area (Å²) < 4.78 is 0.522. The minimum atomic E-state index is -0.114. The van der Waals surface area contributed by atoms with Gasteiger partial charge in [0.15, 0.2) is 0 Å². The monoisotopic (exact) mass is 476 g/mol. The highest BCUT2D eigenvalue weighted by atomic mass is 32.2. The number of amides is 2. The van der Waals surface area contributed by atoms with Gasteiger partial charge >= 0.3 is 0 Å². The van der Waals surface area contributed by atoms with Gasteiger partial charge in [0, 0.05) is 26.1 Å². The van der Waals surface area contributed by atoms with E-state index in [0.717, 1.165) is 37.9 Å². The first-order chi connectivity index (χ1) is 16.1. The van der Waals surface area contributed by atoms with Crippen LogP contribution in [0.1, 0.15) is 30.4 Å². The van der Waals surface area contributed by atoms with Crippen molar-refractivity contribution in [2.45, 2.75) is 25.7 Å². The molecule has 2 aromatic rings. The van der Waals surface area contributed by atoms with Crippen LogP contribution >= 0.6 is 24.0 Å². The van der Waals surface area contributed by atoms with Crippen LogP contribution in [0.15, 0.2) is 77.7 Å². The van der Waals surface area contributed by atoms with Crippen LogP contribution < -0.4 is 0 Å². The minimum absolute atomic E-state index is 0.107. The number of hydrogen-bond donors (Lipinski definition) is 0. The Labute approximate surface area is 205 Å².